The van der Waals surface area contributed by atoms with Crippen molar-refractivity contribution in [3.63, 3.8) is 0 Å². The van der Waals surface area contributed by atoms with Gasteiger partial charge in [0.2, 0.25) is 0 Å². The Balaban J connectivity index is 1.83. The number of nitrogens with two attached hydrogens (primary N) is 1. The van der Waals surface area contributed by atoms with Gasteiger partial charge in [-0.15, -0.1) is 0 Å². The molecule has 1 aromatic heterocycles. The summed E-state index contributed by atoms with van der Waals surface area (Å²) in [5.74, 6) is 7.60. The third kappa shape index (κ3) is 3.28. The van der Waals surface area contributed by atoms with Crippen molar-refractivity contribution in [2.45, 2.75) is 17.6 Å². The number of hydrogen-bond acceptors (Lipinski definition) is 6. The van der Waals surface area contributed by atoms with Crippen LogP contribution in [0.5, 0.6) is 0 Å². The third-order valence-corrected chi connectivity index (χ3v) is 5.16. The SMILES string of the molecule is CSC1(CNc2cc(NN)nc(-c3ccccc3)n2)CC1. The van der Waals surface area contributed by atoms with Gasteiger partial charge in [0.1, 0.15) is 11.6 Å². The van der Waals surface area contributed by atoms with Gasteiger partial charge in [0, 0.05) is 22.9 Å². The molecular weight excluding hydrogens is 282 g/mol. The van der Waals surface area contributed by atoms with Crippen LogP contribution in [-0.4, -0.2) is 27.5 Å². The number of nitrogen functional groups attached to an aromatic ring is 1. The number of rotatable bonds is 6. The van der Waals surface area contributed by atoms with Gasteiger partial charge in [0.15, 0.2) is 5.82 Å². The van der Waals surface area contributed by atoms with Crippen LogP contribution < -0.4 is 16.6 Å². The van der Waals surface area contributed by atoms with E-state index < -0.39 is 0 Å². The van der Waals surface area contributed by atoms with Crippen molar-refractivity contribution in [3.05, 3.63) is 36.4 Å². The lowest BCUT2D eigenvalue weighted by molar-refractivity contribution is 0.938. The van der Waals surface area contributed by atoms with Crippen molar-refractivity contribution in [1.29, 1.82) is 0 Å². The van der Waals surface area contributed by atoms with Gasteiger partial charge >= 0.3 is 0 Å². The van der Waals surface area contributed by atoms with E-state index >= 15 is 0 Å². The van der Waals surface area contributed by atoms with Gasteiger partial charge in [-0.1, -0.05) is 30.3 Å². The first-order valence-corrected chi connectivity index (χ1v) is 8.17. The average Bonchev–Trinajstić information content (AvgIpc) is 3.34. The zero-order chi connectivity index (χ0) is 14.7. The summed E-state index contributed by atoms with van der Waals surface area (Å²) in [6, 6.07) is 11.7. The molecule has 2 aromatic rings. The van der Waals surface area contributed by atoms with Crippen molar-refractivity contribution in [1.82, 2.24) is 9.97 Å². The van der Waals surface area contributed by atoms with Gasteiger partial charge in [-0.2, -0.15) is 11.8 Å². The molecule has 4 N–H and O–H groups in total. The minimum atomic E-state index is 0.383. The van der Waals surface area contributed by atoms with E-state index in [9.17, 15) is 0 Å². The minimum absolute atomic E-state index is 0.383. The fraction of sp³-hybridized carbons (Fsp3) is 0.333. The summed E-state index contributed by atoms with van der Waals surface area (Å²) in [6.07, 6.45) is 4.69. The Morgan fingerprint density at radius 1 is 1.19 bits per heavy atom. The number of anilines is 2. The molecule has 1 fully saturated rings. The zero-order valence-electron chi connectivity index (χ0n) is 12.0. The predicted octanol–water partition coefficient (Wildman–Crippen LogP) is 2.74. The molecule has 5 nitrogen and oxygen atoms in total. The molecule has 1 heterocycles. The fourth-order valence-electron chi connectivity index (χ4n) is 2.17. The molecule has 0 spiro atoms. The van der Waals surface area contributed by atoms with E-state index in [1.165, 1.54) is 12.8 Å². The van der Waals surface area contributed by atoms with Gasteiger partial charge in [-0.25, -0.2) is 15.8 Å². The molecule has 110 valence electrons. The molecule has 0 atom stereocenters. The number of nitrogens with zero attached hydrogens (tertiary/aromatic N) is 2. The topological polar surface area (TPSA) is 75.9 Å². The van der Waals surface area contributed by atoms with E-state index in [0.29, 0.717) is 16.4 Å². The molecule has 21 heavy (non-hydrogen) atoms. The minimum Gasteiger partial charge on any atom is -0.368 e. The van der Waals surface area contributed by atoms with Gasteiger partial charge in [0.25, 0.3) is 0 Å². The predicted molar refractivity (Wildman–Crippen MR) is 89.2 cm³/mol. The number of hydrogen-bond donors (Lipinski definition) is 3. The van der Waals surface area contributed by atoms with E-state index in [2.05, 4.69) is 27.0 Å². The molecule has 1 saturated carbocycles. The van der Waals surface area contributed by atoms with Crippen LogP contribution in [0.25, 0.3) is 11.4 Å². The molecule has 3 rings (SSSR count). The Morgan fingerprint density at radius 2 is 1.90 bits per heavy atom. The van der Waals surface area contributed by atoms with Crippen molar-refractivity contribution in [2.75, 3.05) is 23.5 Å². The third-order valence-electron chi connectivity index (χ3n) is 3.74. The molecule has 0 bridgehead atoms. The van der Waals surface area contributed by atoms with Crippen molar-refractivity contribution < 1.29 is 0 Å². The Hall–Kier alpha value is -1.79. The quantitative estimate of drug-likeness (QED) is 0.562. The summed E-state index contributed by atoms with van der Waals surface area (Å²) in [6.45, 7) is 0.920. The number of benzene rings is 1. The van der Waals surface area contributed by atoms with Crippen LogP contribution in [0.2, 0.25) is 0 Å². The Bertz CT molecular complexity index is 613. The lowest BCUT2D eigenvalue weighted by Crippen LogP contribution is -2.19. The summed E-state index contributed by atoms with van der Waals surface area (Å²) in [5, 5.41) is 3.42. The van der Waals surface area contributed by atoms with Crippen molar-refractivity contribution in [3.8, 4) is 11.4 Å². The molecule has 1 aromatic carbocycles. The Labute approximate surface area is 128 Å². The first-order chi connectivity index (χ1) is 10.2. The molecule has 1 aliphatic rings. The van der Waals surface area contributed by atoms with Crippen LogP contribution in [0, 0.1) is 0 Å². The van der Waals surface area contributed by atoms with Crippen LogP contribution in [0.1, 0.15) is 12.8 Å². The Morgan fingerprint density at radius 3 is 2.52 bits per heavy atom. The highest BCUT2D eigenvalue weighted by Crippen LogP contribution is 2.47. The van der Waals surface area contributed by atoms with Crippen molar-refractivity contribution in [2.24, 2.45) is 5.84 Å². The van der Waals surface area contributed by atoms with Crippen molar-refractivity contribution >= 4 is 23.4 Å². The van der Waals surface area contributed by atoms with Crippen LogP contribution in [0.3, 0.4) is 0 Å². The molecule has 6 heteroatoms. The highest BCUT2D eigenvalue weighted by atomic mass is 32.2. The maximum atomic E-state index is 5.51. The van der Waals surface area contributed by atoms with E-state index in [0.717, 1.165) is 17.9 Å². The monoisotopic (exact) mass is 301 g/mol. The number of aromatic nitrogens is 2. The fourth-order valence-corrected chi connectivity index (χ4v) is 2.90. The maximum Gasteiger partial charge on any atom is 0.163 e. The van der Waals surface area contributed by atoms with E-state index in [4.69, 9.17) is 5.84 Å². The second kappa shape index (κ2) is 5.91. The lowest BCUT2D eigenvalue weighted by Gasteiger charge is -2.14. The smallest absolute Gasteiger partial charge is 0.163 e. The summed E-state index contributed by atoms with van der Waals surface area (Å²) in [5.41, 5.74) is 3.58. The lowest BCUT2D eigenvalue weighted by atomic mass is 10.2. The Kier molecular flexibility index (Phi) is 3.98. The molecule has 1 aliphatic carbocycles. The molecule has 0 unspecified atom stereocenters. The standard InChI is InChI=1S/C15H19N5S/c1-21-15(7-8-15)10-17-12-9-13(20-16)19-14(18-12)11-5-3-2-4-6-11/h2-6,9H,7-8,10,16H2,1H3,(H2,17,18,19,20). The summed E-state index contributed by atoms with van der Waals surface area (Å²) in [7, 11) is 0. The summed E-state index contributed by atoms with van der Waals surface area (Å²) in [4.78, 5) is 9.00. The number of thioether (sulfide) groups is 1. The highest BCUT2D eigenvalue weighted by Gasteiger charge is 2.41. The second-order valence-corrected chi connectivity index (χ2v) is 6.49. The van der Waals surface area contributed by atoms with Gasteiger partial charge < -0.3 is 10.7 Å². The average molecular weight is 301 g/mol. The molecule has 0 aliphatic heterocycles. The second-order valence-electron chi connectivity index (χ2n) is 5.21. The van der Waals surface area contributed by atoms with E-state index in [-0.39, 0.29) is 0 Å². The molecule has 0 saturated heterocycles. The van der Waals surface area contributed by atoms with E-state index in [1.807, 2.05) is 48.2 Å². The molecular formula is C15H19N5S. The normalized spacial score (nSPS) is 15.5. The zero-order valence-corrected chi connectivity index (χ0v) is 12.8. The van der Waals surface area contributed by atoms with Gasteiger partial charge in [0.05, 0.1) is 0 Å². The van der Waals surface area contributed by atoms with Crippen LogP contribution in [0.4, 0.5) is 11.6 Å². The first-order valence-electron chi connectivity index (χ1n) is 6.95. The van der Waals surface area contributed by atoms with Gasteiger partial charge in [-0.3, -0.25) is 0 Å². The number of nitrogens with one attached hydrogen (secondary N) is 2. The highest BCUT2D eigenvalue weighted by molar-refractivity contribution is 8.00. The maximum absolute atomic E-state index is 5.51. The van der Waals surface area contributed by atoms with Crippen LogP contribution >= 0.6 is 11.8 Å². The molecule has 0 amide bonds. The van der Waals surface area contributed by atoms with E-state index in [1.54, 1.807) is 0 Å². The van der Waals surface area contributed by atoms with Gasteiger partial charge in [-0.05, 0) is 19.1 Å². The summed E-state index contributed by atoms with van der Waals surface area (Å²) < 4.78 is 0.383. The largest absolute Gasteiger partial charge is 0.368 e. The summed E-state index contributed by atoms with van der Waals surface area (Å²) >= 11 is 1.92. The van der Waals surface area contributed by atoms with Crippen LogP contribution in [0.15, 0.2) is 36.4 Å². The number of hydrazine groups is 1. The van der Waals surface area contributed by atoms with Crippen LogP contribution in [-0.2, 0) is 0 Å². The molecule has 0 radical (unpaired) electrons. The first kappa shape index (κ1) is 14.2.